The molecule has 1 atom stereocenters. The number of nitrogens with zero attached hydrogens (tertiary/aromatic N) is 1. The standard InChI is InChI=1S/C17H24N4O3/c1-9-7-14(23-5)15(24-6)8-13(9)10(2)18-17(22)19-16-11(3)20-21-12(16)4/h7-8,10H,1-6H3,(H,20,21)(H2,18,19,22)/t10-/m0/s1. The van der Waals surface area contributed by atoms with Crippen LogP contribution in [0.2, 0.25) is 0 Å². The Morgan fingerprint density at radius 3 is 2.33 bits per heavy atom. The molecule has 0 saturated heterocycles. The van der Waals surface area contributed by atoms with Gasteiger partial charge in [-0.15, -0.1) is 0 Å². The van der Waals surface area contributed by atoms with Crippen molar-refractivity contribution in [3.8, 4) is 11.5 Å². The smallest absolute Gasteiger partial charge is 0.319 e. The van der Waals surface area contributed by atoms with E-state index >= 15 is 0 Å². The molecule has 2 amide bonds. The van der Waals surface area contributed by atoms with Gasteiger partial charge < -0.3 is 20.1 Å². The Kier molecular flexibility index (Phi) is 5.33. The highest BCUT2D eigenvalue weighted by molar-refractivity contribution is 5.90. The minimum atomic E-state index is -0.288. The second-order valence-corrected chi connectivity index (χ2v) is 5.69. The average Bonchev–Trinajstić information content (AvgIpc) is 2.86. The van der Waals surface area contributed by atoms with Gasteiger partial charge >= 0.3 is 6.03 Å². The van der Waals surface area contributed by atoms with Gasteiger partial charge in [0.1, 0.15) is 0 Å². The van der Waals surface area contributed by atoms with Crippen molar-refractivity contribution in [2.75, 3.05) is 19.5 Å². The molecule has 3 N–H and O–H groups in total. The van der Waals surface area contributed by atoms with Crippen molar-refractivity contribution in [2.24, 2.45) is 0 Å². The number of anilines is 1. The highest BCUT2D eigenvalue weighted by Gasteiger charge is 2.17. The molecule has 24 heavy (non-hydrogen) atoms. The fourth-order valence-electron chi connectivity index (χ4n) is 2.62. The highest BCUT2D eigenvalue weighted by Crippen LogP contribution is 2.32. The Hall–Kier alpha value is -2.70. The summed E-state index contributed by atoms with van der Waals surface area (Å²) in [7, 11) is 3.19. The number of amides is 2. The molecular formula is C17H24N4O3. The summed E-state index contributed by atoms with van der Waals surface area (Å²) >= 11 is 0. The zero-order valence-electron chi connectivity index (χ0n) is 14.9. The Morgan fingerprint density at radius 2 is 1.79 bits per heavy atom. The van der Waals surface area contributed by atoms with Crippen molar-refractivity contribution in [1.82, 2.24) is 15.5 Å². The molecule has 0 aliphatic carbocycles. The largest absolute Gasteiger partial charge is 0.493 e. The Balaban J connectivity index is 2.14. The summed E-state index contributed by atoms with van der Waals surface area (Å²) in [5.74, 6) is 1.30. The van der Waals surface area contributed by atoms with Crippen LogP contribution in [0, 0.1) is 20.8 Å². The zero-order valence-corrected chi connectivity index (χ0v) is 14.9. The molecule has 1 aromatic heterocycles. The van der Waals surface area contributed by atoms with E-state index in [-0.39, 0.29) is 12.1 Å². The lowest BCUT2D eigenvalue weighted by molar-refractivity contribution is 0.249. The van der Waals surface area contributed by atoms with Crippen LogP contribution in [0.25, 0.3) is 0 Å². The predicted octanol–water partition coefficient (Wildman–Crippen LogP) is 3.23. The van der Waals surface area contributed by atoms with Gasteiger partial charge in [0.2, 0.25) is 0 Å². The van der Waals surface area contributed by atoms with Gasteiger partial charge in [0.15, 0.2) is 11.5 Å². The molecule has 0 saturated carbocycles. The summed E-state index contributed by atoms with van der Waals surface area (Å²) in [5, 5.41) is 12.7. The third kappa shape index (κ3) is 3.61. The Morgan fingerprint density at radius 1 is 1.17 bits per heavy atom. The number of carbonyl (C=O) groups excluding carboxylic acids is 1. The first-order valence-electron chi connectivity index (χ1n) is 7.69. The number of aromatic amines is 1. The zero-order chi connectivity index (χ0) is 17.9. The molecule has 0 spiro atoms. The average molecular weight is 332 g/mol. The fourth-order valence-corrected chi connectivity index (χ4v) is 2.62. The molecule has 130 valence electrons. The van der Waals surface area contributed by atoms with E-state index in [0.717, 1.165) is 22.5 Å². The number of methoxy groups -OCH3 is 2. The highest BCUT2D eigenvalue weighted by atomic mass is 16.5. The number of rotatable bonds is 5. The SMILES string of the molecule is COc1cc(C)c([C@H](C)NC(=O)Nc2c(C)n[nH]c2C)cc1OC. The number of carbonyl (C=O) groups is 1. The van der Waals surface area contributed by atoms with Gasteiger partial charge in [-0.3, -0.25) is 5.10 Å². The van der Waals surface area contributed by atoms with Crippen LogP contribution in [0.4, 0.5) is 10.5 Å². The number of aryl methyl sites for hydroxylation is 3. The van der Waals surface area contributed by atoms with E-state index in [1.54, 1.807) is 14.2 Å². The van der Waals surface area contributed by atoms with E-state index in [0.29, 0.717) is 17.2 Å². The van der Waals surface area contributed by atoms with Gasteiger partial charge in [0, 0.05) is 0 Å². The number of ether oxygens (including phenoxy) is 2. The number of hydrogen-bond acceptors (Lipinski definition) is 4. The number of benzene rings is 1. The lowest BCUT2D eigenvalue weighted by Crippen LogP contribution is -2.31. The molecular weight excluding hydrogens is 308 g/mol. The molecule has 0 fully saturated rings. The maximum atomic E-state index is 12.3. The number of hydrogen-bond donors (Lipinski definition) is 3. The van der Waals surface area contributed by atoms with Crippen molar-refractivity contribution >= 4 is 11.7 Å². The second-order valence-electron chi connectivity index (χ2n) is 5.69. The van der Waals surface area contributed by atoms with Crippen molar-refractivity contribution in [2.45, 2.75) is 33.7 Å². The summed E-state index contributed by atoms with van der Waals surface area (Å²) < 4.78 is 10.6. The Labute approximate surface area is 141 Å². The van der Waals surface area contributed by atoms with Crippen LogP contribution in [0.3, 0.4) is 0 Å². The van der Waals surface area contributed by atoms with Crippen LogP contribution in [0.1, 0.15) is 35.5 Å². The van der Waals surface area contributed by atoms with Crippen LogP contribution in [-0.4, -0.2) is 30.4 Å². The van der Waals surface area contributed by atoms with Crippen LogP contribution in [0.15, 0.2) is 12.1 Å². The topological polar surface area (TPSA) is 88.3 Å². The second kappa shape index (κ2) is 7.25. The summed E-state index contributed by atoms with van der Waals surface area (Å²) in [4.78, 5) is 12.3. The maximum Gasteiger partial charge on any atom is 0.319 e. The van der Waals surface area contributed by atoms with Crippen LogP contribution in [0.5, 0.6) is 11.5 Å². The maximum absolute atomic E-state index is 12.3. The van der Waals surface area contributed by atoms with Crippen LogP contribution in [-0.2, 0) is 0 Å². The molecule has 0 unspecified atom stereocenters. The van der Waals surface area contributed by atoms with E-state index in [2.05, 4.69) is 20.8 Å². The third-order valence-corrected chi connectivity index (χ3v) is 3.95. The molecule has 2 aromatic rings. The lowest BCUT2D eigenvalue weighted by atomic mass is 10.0. The monoisotopic (exact) mass is 332 g/mol. The molecule has 7 heteroatoms. The molecule has 0 aliphatic heterocycles. The third-order valence-electron chi connectivity index (χ3n) is 3.95. The molecule has 0 aliphatic rings. The summed E-state index contributed by atoms with van der Waals surface area (Å²) in [5.41, 5.74) is 4.23. The summed E-state index contributed by atoms with van der Waals surface area (Å²) in [6.07, 6.45) is 0. The summed E-state index contributed by atoms with van der Waals surface area (Å²) in [6, 6.07) is 3.30. The molecule has 7 nitrogen and oxygen atoms in total. The minimum absolute atomic E-state index is 0.197. The van der Waals surface area contributed by atoms with Crippen molar-refractivity contribution in [3.63, 3.8) is 0 Å². The first-order valence-corrected chi connectivity index (χ1v) is 7.69. The molecule has 1 heterocycles. The van der Waals surface area contributed by atoms with E-state index in [9.17, 15) is 4.79 Å². The van der Waals surface area contributed by atoms with Gasteiger partial charge in [-0.25, -0.2) is 4.79 Å². The van der Waals surface area contributed by atoms with Gasteiger partial charge in [-0.05, 0) is 51.0 Å². The number of H-pyrrole nitrogens is 1. The molecule has 0 bridgehead atoms. The van der Waals surface area contributed by atoms with E-state index in [4.69, 9.17) is 9.47 Å². The van der Waals surface area contributed by atoms with Gasteiger partial charge in [-0.1, -0.05) is 0 Å². The molecule has 0 radical (unpaired) electrons. The number of nitrogens with one attached hydrogen (secondary N) is 3. The minimum Gasteiger partial charge on any atom is -0.493 e. The molecule has 2 rings (SSSR count). The van der Waals surface area contributed by atoms with Crippen molar-refractivity contribution in [3.05, 3.63) is 34.6 Å². The van der Waals surface area contributed by atoms with Gasteiger partial charge in [0.05, 0.1) is 37.3 Å². The number of urea groups is 1. The normalized spacial score (nSPS) is 11.8. The number of aromatic nitrogens is 2. The molecule has 1 aromatic carbocycles. The van der Waals surface area contributed by atoms with Crippen molar-refractivity contribution in [1.29, 1.82) is 0 Å². The van der Waals surface area contributed by atoms with E-state index in [1.165, 1.54) is 0 Å². The first-order chi connectivity index (χ1) is 11.4. The van der Waals surface area contributed by atoms with Crippen LogP contribution >= 0.6 is 0 Å². The van der Waals surface area contributed by atoms with E-state index in [1.807, 2.05) is 39.8 Å². The predicted molar refractivity (Wildman–Crippen MR) is 92.9 cm³/mol. The van der Waals surface area contributed by atoms with Gasteiger partial charge in [0.25, 0.3) is 0 Å². The quantitative estimate of drug-likeness (QED) is 0.784. The van der Waals surface area contributed by atoms with Gasteiger partial charge in [-0.2, -0.15) is 5.10 Å². The fraction of sp³-hybridized carbons (Fsp3) is 0.412. The van der Waals surface area contributed by atoms with Crippen LogP contribution < -0.4 is 20.1 Å². The Bertz CT molecular complexity index is 720. The van der Waals surface area contributed by atoms with E-state index < -0.39 is 0 Å². The first kappa shape index (κ1) is 17.7. The van der Waals surface area contributed by atoms with Crippen molar-refractivity contribution < 1.29 is 14.3 Å². The lowest BCUT2D eigenvalue weighted by Gasteiger charge is -2.19. The summed E-state index contributed by atoms with van der Waals surface area (Å²) in [6.45, 7) is 7.58.